The molecule has 1 heterocycles. The number of rotatable bonds is 1. The van der Waals surface area contributed by atoms with E-state index in [-0.39, 0.29) is 22.0 Å². The van der Waals surface area contributed by atoms with Crippen molar-refractivity contribution in [3.05, 3.63) is 46.6 Å². The molecule has 20 heavy (non-hydrogen) atoms. The summed E-state index contributed by atoms with van der Waals surface area (Å²) in [6.45, 7) is 0. The van der Waals surface area contributed by atoms with E-state index in [0.717, 1.165) is 6.07 Å². The van der Waals surface area contributed by atoms with Crippen molar-refractivity contribution in [1.29, 1.82) is 5.26 Å². The Labute approximate surface area is 116 Å². The molecule has 0 amide bonds. The molecule has 0 unspecified atom stereocenters. The molecule has 0 bridgehead atoms. The molecule has 1 aromatic carbocycles. The lowest BCUT2D eigenvalue weighted by Crippen LogP contribution is -2.05. The average Bonchev–Trinajstić information content (AvgIpc) is 2.37. The number of alkyl halides is 3. The molecule has 0 spiro atoms. The van der Waals surface area contributed by atoms with Gasteiger partial charge >= 0.3 is 6.18 Å². The fourth-order valence-corrected chi connectivity index (χ4v) is 1.85. The van der Waals surface area contributed by atoms with Crippen LogP contribution >= 0.6 is 11.6 Å². The maximum absolute atomic E-state index is 12.5. The van der Waals surface area contributed by atoms with E-state index in [9.17, 15) is 18.3 Å². The number of hydrogen-bond donors (Lipinski definition) is 1. The van der Waals surface area contributed by atoms with E-state index in [0.29, 0.717) is 11.8 Å². The zero-order chi connectivity index (χ0) is 14.9. The lowest BCUT2D eigenvalue weighted by atomic mass is 10.1. The number of halogens is 4. The van der Waals surface area contributed by atoms with Gasteiger partial charge in [-0.2, -0.15) is 18.4 Å². The van der Waals surface area contributed by atoms with Crippen molar-refractivity contribution in [3.63, 3.8) is 0 Å². The number of aromatic hydroxyl groups is 1. The van der Waals surface area contributed by atoms with Crippen molar-refractivity contribution in [2.75, 3.05) is 0 Å². The number of pyridine rings is 1. The first kappa shape index (κ1) is 14.2. The van der Waals surface area contributed by atoms with Gasteiger partial charge in [-0.25, -0.2) is 0 Å². The molecular formula is C13H6ClF3N2O. The summed E-state index contributed by atoms with van der Waals surface area (Å²) < 4.78 is 37.5. The van der Waals surface area contributed by atoms with Crippen LogP contribution in [0, 0.1) is 11.3 Å². The predicted molar refractivity (Wildman–Crippen MR) is 66.1 cm³/mol. The Morgan fingerprint density at radius 2 is 1.95 bits per heavy atom. The normalized spacial score (nSPS) is 11.2. The van der Waals surface area contributed by atoms with E-state index < -0.39 is 11.7 Å². The van der Waals surface area contributed by atoms with E-state index >= 15 is 0 Å². The Bertz CT molecular complexity index is 708. The molecule has 2 rings (SSSR count). The van der Waals surface area contributed by atoms with Crippen LogP contribution in [-0.4, -0.2) is 10.1 Å². The zero-order valence-corrected chi connectivity index (χ0v) is 10.5. The van der Waals surface area contributed by atoms with Gasteiger partial charge < -0.3 is 5.11 Å². The second-order valence-electron chi connectivity index (χ2n) is 3.90. The maximum Gasteiger partial charge on any atom is 0.417 e. The van der Waals surface area contributed by atoms with Gasteiger partial charge in [0.25, 0.3) is 0 Å². The maximum atomic E-state index is 12.5. The Hall–Kier alpha value is -2.26. The number of nitriles is 1. The first-order valence-electron chi connectivity index (χ1n) is 5.29. The molecule has 0 aliphatic rings. The van der Waals surface area contributed by atoms with Crippen LogP contribution in [0.25, 0.3) is 11.3 Å². The van der Waals surface area contributed by atoms with Crippen molar-refractivity contribution in [2.24, 2.45) is 0 Å². The SMILES string of the molecule is N#Cc1ccc(-c2ncc(C(F)(F)F)cc2Cl)cc1O. The van der Waals surface area contributed by atoms with Crippen molar-refractivity contribution in [1.82, 2.24) is 4.98 Å². The summed E-state index contributed by atoms with van der Waals surface area (Å²) in [5.41, 5.74) is -0.486. The average molecular weight is 299 g/mol. The fourth-order valence-electron chi connectivity index (χ4n) is 1.58. The summed E-state index contributed by atoms with van der Waals surface area (Å²) >= 11 is 5.79. The highest BCUT2D eigenvalue weighted by atomic mass is 35.5. The summed E-state index contributed by atoms with van der Waals surface area (Å²) in [5, 5.41) is 18.0. The third-order valence-corrected chi connectivity index (χ3v) is 2.85. The first-order chi connectivity index (χ1) is 9.32. The van der Waals surface area contributed by atoms with E-state index in [1.807, 2.05) is 0 Å². The van der Waals surface area contributed by atoms with Crippen LogP contribution in [0.2, 0.25) is 5.02 Å². The van der Waals surface area contributed by atoms with E-state index in [1.165, 1.54) is 18.2 Å². The Balaban J connectivity index is 2.49. The minimum absolute atomic E-state index is 0.0526. The topological polar surface area (TPSA) is 56.9 Å². The molecule has 1 aromatic heterocycles. The van der Waals surface area contributed by atoms with Gasteiger partial charge in [-0.1, -0.05) is 17.7 Å². The molecule has 0 aliphatic heterocycles. The van der Waals surface area contributed by atoms with Crippen molar-refractivity contribution < 1.29 is 18.3 Å². The molecule has 1 N–H and O–H groups in total. The van der Waals surface area contributed by atoms with Crippen LogP contribution in [-0.2, 0) is 6.18 Å². The second-order valence-corrected chi connectivity index (χ2v) is 4.30. The molecule has 0 fully saturated rings. The van der Waals surface area contributed by atoms with Gasteiger partial charge in [0.05, 0.1) is 21.8 Å². The number of benzene rings is 1. The second kappa shape index (κ2) is 5.02. The van der Waals surface area contributed by atoms with Gasteiger partial charge in [-0.15, -0.1) is 0 Å². The minimum atomic E-state index is -4.53. The molecule has 102 valence electrons. The molecule has 7 heteroatoms. The van der Waals surface area contributed by atoms with Gasteiger partial charge in [0.1, 0.15) is 11.8 Å². The molecule has 3 nitrogen and oxygen atoms in total. The molecule has 0 aliphatic carbocycles. The predicted octanol–water partition coefficient (Wildman–Crippen LogP) is 4.00. The van der Waals surface area contributed by atoms with Gasteiger partial charge in [-0.05, 0) is 18.2 Å². The highest BCUT2D eigenvalue weighted by molar-refractivity contribution is 6.33. The van der Waals surface area contributed by atoms with Crippen LogP contribution in [0.1, 0.15) is 11.1 Å². The third-order valence-electron chi connectivity index (χ3n) is 2.56. The minimum Gasteiger partial charge on any atom is -0.507 e. The van der Waals surface area contributed by atoms with E-state index in [2.05, 4.69) is 4.98 Å². The highest BCUT2D eigenvalue weighted by Crippen LogP contribution is 2.35. The summed E-state index contributed by atoms with van der Waals surface area (Å²) in [6.07, 6.45) is -3.86. The molecular weight excluding hydrogens is 293 g/mol. The number of phenols is 1. The number of phenolic OH excluding ortho intramolecular Hbond substituents is 1. The summed E-state index contributed by atoms with van der Waals surface area (Å²) in [7, 11) is 0. The number of aromatic nitrogens is 1. The van der Waals surface area contributed by atoms with Crippen LogP contribution in [0.5, 0.6) is 5.75 Å². The quantitative estimate of drug-likeness (QED) is 0.865. The molecule has 0 radical (unpaired) electrons. The molecule has 0 saturated carbocycles. The number of nitrogens with zero attached hydrogens (tertiary/aromatic N) is 2. The molecule has 0 atom stereocenters. The van der Waals surface area contributed by atoms with Crippen LogP contribution in [0.4, 0.5) is 13.2 Å². The van der Waals surface area contributed by atoms with Crippen molar-refractivity contribution in [2.45, 2.75) is 6.18 Å². The Morgan fingerprint density at radius 1 is 1.25 bits per heavy atom. The van der Waals surface area contributed by atoms with Crippen LogP contribution in [0.3, 0.4) is 0 Å². The smallest absolute Gasteiger partial charge is 0.417 e. The van der Waals surface area contributed by atoms with Crippen LogP contribution in [0.15, 0.2) is 30.5 Å². The zero-order valence-electron chi connectivity index (χ0n) is 9.74. The van der Waals surface area contributed by atoms with Crippen molar-refractivity contribution in [3.8, 4) is 23.1 Å². The van der Waals surface area contributed by atoms with Crippen molar-refractivity contribution >= 4 is 11.6 Å². The lowest BCUT2D eigenvalue weighted by molar-refractivity contribution is -0.137. The van der Waals surface area contributed by atoms with Gasteiger partial charge in [0, 0.05) is 11.8 Å². The van der Waals surface area contributed by atoms with E-state index in [4.69, 9.17) is 16.9 Å². The van der Waals surface area contributed by atoms with Gasteiger partial charge in [-0.3, -0.25) is 4.98 Å². The highest BCUT2D eigenvalue weighted by Gasteiger charge is 2.31. The van der Waals surface area contributed by atoms with Gasteiger partial charge in [0.2, 0.25) is 0 Å². The lowest BCUT2D eigenvalue weighted by Gasteiger charge is -2.09. The Kier molecular flexibility index (Phi) is 3.55. The first-order valence-corrected chi connectivity index (χ1v) is 5.67. The monoisotopic (exact) mass is 298 g/mol. The number of hydrogen-bond acceptors (Lipinski definition) is 3. The summed E-state index contributed by atoms with van der Waals surface area (Å²) in [5.74, 6) is -0.289. The largest absolute Gasteiger partial charge is 0.507 e. The summed E-state index contributed by atoms with van der Waals surface area (Å²) in [6, 6.07) is 6.53. The Morgan fingerprint density at radius 3 is 2.45 bits per heavy atom. The van der Waals surface area contributed by atoms with Crippen LogP contribution < -0.4 is 0 Å². The van der Waals surface area contributed by atoms with Gasteiger partial charge in [0.15, 0.2) is 0 Å². The van der Waals surface area contributed by atoms with E-state index in [1.54, 1.807) is 6.07 Å². The molecule has 0 saturated heterocycles. The third kappa shape index (κ3) is 2.68. The molecule has 2 aromatic rings. The summed E-state index contributed by atoms with van der Waals surface area (Å²) in [4.78, 5) is 3.67. The standard InChI is InChI=1S/C13H6ClF3N2O/c14-10-4-9(13(15,16)17)6-19-12(10)7-1-2-8(5-18)11(20)3-7/h1-4,6,20H. The fraction of sp³-hybridized carbons (Fsp3) is 0.0769.